The Morgan fingerprint density at radius 1 is 1.27 bits per heavy atom. The van der Waals surface area contributed by atoms with Crippen LogP contribution in [0.3, 0.4) is 0 Å². The summed E-state index contributed by atoms with van der Waals surface area (Å²) in [5, 5.41) is 18.2. The van der Waals surface area contributed by atoms with E-state index in [-0.39, 0.29) is 5.46 Å². The van der Waals surface area contributed by atoms with Crippen LogP contribution in [0.15, 0.2) is 12.1 Å². The van der Waals surface area contributed by atoms with Crippen LogP contribution in [0.5, 0.6) is 11.5 Å². The number of aldehydes is 1. The lowest BCUT2D eigenvalue weighted by atomic mass is 9.78. The van der Waals surface area contributed by atoms with Crippen molar-refractivity contribution in [1.82, 2.24) is 0 Å². The van der Waals surface area contributed by atoms with Gasteiger partial charge in [0.2, 0.25) is 0 Å². The van der Waals surface area contributed by atoms with Crippen LogP contribution in [0.4, 0.5) is 0 Å². The van der Waals surface area contributed by atoms with Gasteiger partial charge in [-0.3, -0.25) is 4.79 Å². The summed E-state index contributed by atoms with van der Waals surface area (Å²) in [5.74, 6) is 0.663. The van der Waals surface area contributed by atoms with Crippen LogP contribution in [-0.2, 0) is 0 Å². The number of hydrogen-bond acceptors (Lipinski definition) is 5. The second-order valence-electron chi connectivity index (χ2n) is 3.13. The first-order chi connectivity index (χ1) is 7.22. The van der Waals surface area contributed by atoms with Crippen LogP contribution in [0.2, 0.25) is 0 Å². The lowest BCUT2D eigenvalue weighted by Gasteiger charge is -2.21. The average Bonchev–Trinajstić information content (AvgIpc) is 2.27. The molecule has 5 nitrogen and oxygen atoms in total. The van der Waals surface area contributed by atoms with Crippen molar-refractivity contribution in [2.24, 2.45) is 0 Å². The van der Waals surface area contributed by atoms with Crippen molar-refractivity contribution in [1.29, 1.82) is 0 Å². The zero-order valence-corrected chi connectivity index (χ0v) is 7.84. The Hall–Kier alpha value is -1.53. The van der Waals surface area contributed by atoms with Gasteiger partial charge in [0.15, 0.2) is 11.5 Å². The van der Waals surface area contributed by atoms with E-state index in [1.54, 1.807) is 0 Å². The molecule has 0 fully saturated rings. The second kappa shape index (κ2) is 3.92. The highest BCUT2D eigenvalue weighted by Crippen LogP contribution is 2.28. The van der Waals surface area contributed by atoms with E-state index >= 15 is 0 Å². The molecule has 0 atom stereocenters. The molecule has 1 aromatic carbocycles. The highest BCUT2D eigenvalue weighted by atomic mass is 16.6. The fraction of sp³-hybridized carbons (Fsp3) is 0.222. The Labute approximate surface area is 86.4 Å². The first kappa shape index (κ1) is 10.0. The lowest BCUT2D eigenvalue weighted by Crippen LogP contribution is -2.34. The van der Waals surface area contributed by atoms with E-state index in [0.717, 1.165) is 0 Å². The maximum atomic E-state index is 10.6. The van der Waals surface area contributed by atoms with Crippen molar-refractivity contribution < 1.29 is 24.3 Å². The van der Waals surface area contributed by atoms with E-state index in [9.17, 15) is 4.79 Å². The molecular weight excluding hydrogens is 199 g/mol. The molecule has 1 aliphatic heterocycles. The molecule has 1 aromatic rings. The monoisotopic (exact) mass is 208 g/mol. The smallest absolute Gasteiger partial charge is 0.487 e. The molecule has 15 heavy (non-hydrogen) atoms. The fourth-order valence-electron chi connectivity index (χ4n) is 1.46. The molecule has 0 saturated heterocycles. The highest BCUT2D eigenvalue weighted by Gasteiger charge is 2.24. The topological polar surface area (TPSA) is 76.0 Å². The molecule has 0 bridgehead atoms. The molecule has 6 heteroatoms. The van der Waals surface area contributed by atoms with Crippen LogP contribution in [0, 0.1) is 0 Å². The Kier molecular flexibility index (Phi) is 2.61. The van der Waals surface area contributed by atoms with E-state index in [0.29, 0.717) is 36.6 Å². The van der Waals surface area contributed by atoms with Crippen molar-refractivity contribution in [3.63, 3.8) is 0 Å². The number of carbonyl (C=O) groups is 1. The zero-order chi connectivity index (χ0) is 10.8. The number of fused-ring (bicyclic) bond motifs is 1. The van der Waals surface area contributed by atoms with Gasteiger partial charge in [0, 0.05) is 11.0 Å². The Bertz CT molecular complexity index is 390. The Morgan fingerprint density at radius 2 is 2.00 bits per heavy atom. The van der Waals surface area contributed by atoms with Gasteiger partial charge in [-0.2, -0.15) is 0 Å². The van der Waals surface area contributed by atoms with Crippen molar-refractivity contribution >= 4 is 18.9 Å². The SMILES string of the molecule is O=Cc1cc2c(c(B(O)O)c1)OCCO2. The van der Waals surface area contributed by atoms with Gasteiger partial charge >= 0.3 is 7.12 Å². The maximum absolute atomic E-state index is 10.6. The van der Waals surface area contributed by atoms with Crippen molar-refractivity contribution in [2.45, 2.75) is 0 Å². The summed E-state index contributed by atoms with van der Waals surface area (Å²) in [6.07, 6.45) is 0.615. The third-order valence-electron chi connectivity index (χ3n) is 2.11. The minimum atomic E-state index is -1.68. The van der Waals surface area contributed by atoms with Gasteiger partial charge in [-0.05, 0) is 12.1 Å². The van der Waals surface area contributed by atoms with E-state index in [2.05, 4.69) is 0 Å². The molecule has 2 N–H and O–H groups in total. The third kappa shape index (κ3) is 1.81. The van der Waals surface area contributed by atoms with Crippen LogP contribution < -0.4 is 14.9 Å². The number of benzene rings is 1. The van der Waals surface area contributed by atoms with E-state index in [1.165, 1.54) is 12.1 Å². The molecule has 78 valence electrons. The van der Waals surface area contributed by atoms with Crippen molar-refractivity contribution in [3.05, 3.63) is 17.7 Å². The fourth-order valence-corrected chi connectivity index (χ4v) is 1.46. The molecule has 0 spiro atoms. The van der Waals surface area contributed by atoms with Gasteiger partial charge in [-0.15, -0.1) is 0 Å². The number of rotatable bonds is 2. The standard InChI is InChI=1S/C9H9BO5/c11-5-6-3-7(10(12)13)9-8(4-6)14-1-2-15-9/h3-5,12-13H,1-2H2. The first-order valence-electron chi connectivity index (χ1n) is 4.47. The summed E-state index contributed by atoms with van der Waals surface area (Å²) < 4.78 is 10.5. The van der Waals surface area contributed by atoms with Gasteiger partial charge in [-0.25, -0.2) is 0 Å². The maximum Gasteiger partial charge on any atom is 0.492 e. The Morgan fingerprint density at radius 3 is 2.67 bits per heavy atom. The van der Waals surface area contributed by atoms with Crippen LogP contribution in [0.25, 0.3) is 0 Å². The lowest BCUT2D eigenvalue weighted by molar-refractivity contribution is 0.112. The molecular formula is C9H9BO5. The van der Waals surface area contributed by atoms with Gasteiger partial charge in [0.25, 0.3) is 0 Å². The van der Waals surface area contributed by atoms with Crippen LogP contribution in [0.1, 0.15) is 10.4 Å². The molecule has 0 aliphatic carbocycles. The molecule has 0 amide bonds. The molecule has 1 aliphatic rings. The van der Waals surface area contributed by atoms with Crippen LogP contribution >= 0.6 is 0 Å². The molecule has 2 rings (SSSR count). The average molecular weight is 208 g/mol. The summed E-state index contributed by atoms with van der Waals surface area (Å²) in [5.41, 5.74) is 0.469. The summed E-state index contributed by atoms with van der Waals surface area (Å²) >= 11 is 0. The predicted molar refractivity (Wildman–Crippen MR) is 52.6 cm³/mol. The normalized spacial score (nSPS) is 13.5. The third-order valence-corrected chi connectivity index (χ3v) is 2.11. The summed E-state index contributed by atoms with van der Waals surface area (Å²) in [7, 11) is -1.68. The summed E-state index contributed by atoms with van der Waals surface area (Å²) in [6, 6.07) is 2.87. The van der Waals surface area contributed by atoms with Crippen molar-refractivity contribution in [2.75, 3.05) is 13.2 Å². The number of hydrogen-bond donors (Lipinski definition) is 2. The summed E-state index contributed by atoms with van der Waals surface area (Å²) in [6.45, 7) is 0.740. The summed E-state index contributed by atoms with van der Waals surface area (Å²) in [4.78, 5) is 10.6. The number of carbonyl (C=O) groups excluding carboxylic acids is 1. The molecule has 0 radical (unpaired) electrons. The number of ether oxygens (including phenoxy) is 2. The van der Waals surface area contributed by atoms with E-state index in [1.807, 2.05) is 0 Å². The minimum Gasteiger partial charge on any atom is -0.487 e. The molecule has 0 saturated carbocycles. The van der Waals surface area contributed by atoms with Gasteiger partial charge in [0.1, 0.15) is 19.5 Å². The zero-order valence-electron chi connectivity index (χ0n) is 7.84. The first-order valence-corrected chi connectivity index (χ1v) is 4.47. The van der Waals surface area contributed by atoms with Gasteiger partial charge in [-0.1, -0.05) is 0 Å². The highest BCUT2D eigenvalue weighted by molar-refractivity contribution is 6.60. The predicted octanol–water partition coefficient (Wildman–Crippen LogP) is -1.05. The van der Waals surface area contributed by atoms with Gasteiger partial charge < -0.3 is 19.5 Å². The van der Waals surface area contributed by atoms with E-state index in [4.69, 9.17) is 19.5 Å². The quantitative estimate of drug-likeness (QED) is 0.479. The van der Waals surface area contributed by atoms with Crippen molar-refractivity contribution in [3.8, 4) is 11.5 Å². The molecule has 1 heterocycles. The largest absolute Gasteiger partial charge is 0.492 e. The minimum absolute atomic E-state index is 0.148. The molecule has 0 aromatic heterocycles. The van der Waals surface area contributed by atoms with Crippen LogP contribution in [-0.4, -0.2) is 36.7 Å². The van der Waals surface area contributed by atoms with E-state index < -0.39 is 7.12 Å². The Balaban J connectivity index is 2.55. The molecule has 0 unspecified atom stereocenters. The van der Waals surface area contributed by atoms with Gasteiger partial charge in [0.05, 0.1) is 0 Å². The second-order valence-corrected chi connectivity index (χ2v) is 3.13.